The lowest BCUT2D eigenvalue weighted by molar-refractivity contribution is -0.0512. The zero-order valence-corrected chi connectivity index (χ0v) is 12.8. The average Bonchev–Trinajstić information content (AvgIpc) is 2.48. The number of halogens is 2. The van der Waals surface area contributed by atoms with Crippen molar-refractivity contribution >= 4 is 0 Å². The van der Waals surface area contributed by atoms with Crippen LogP contribution in [0.15, 0.2) is 18.2 Å². The van der Waals surface area contributed by atoms with E-state index >= 15 is 0 Å². The molecule has 6 heteroatoms. The van der Waals surface area contributed by atoms with Gasteiger partial charge in [0.15, 0.2) is 11.5 Å². The van der Waals surface area contributed by atoms with Crippen LogP contribution in [0.3, 0.4) is 0 Å². The first-order valence-electron chi connectivity index (χ1n) is 7.57. The van der Waals surface area contributed by atoms with E-state index in [2.05, 4.69) is 10.1 Å². The monoisotopic (exact) mass is 315 g/mol. The largest absolute Gasteiger partial charge is 0.493 e. The number of hydrogen-bond acceptors (Lipinski definition) is 4. The van der Waals surface area contributed by atoms with Gasteiger partial charge < -0.3 is 19.9 Å². The van der Waals surface area contributed by atoms with Gasteiger partial charge in [0.1, 0.15) is 0 Å². The van der Waals surface area contributed by atoms with Gasteiger partial charge in [0.05, 0.1) is 12.7 Å². The van der Waals surface area contributed by atoms with Gasteiger partial charge in [-0.1, -0.05) is 25.3 Å². The molecule has 0 saturated heterocycles. The van der Waals surface area contributed by atoms with Crippen molar-refractivity contribution in [3.05, 3.63) is 23.8 Å². The van der Waals surface area contributed by atoms with Crippen molar-refractivity contribution in [2.75, 3.05) is 13.7 Å². The second-order valence-corrected chi connectivity index (χ2v) is 5.75. The molecule has 1 aromatic rings. The summed E-state index contributed by atoms with van der Waals surface area (Å²) in [6.45, 7) is -1.81. The van der Waals surface area contributed by atoms with E-state index in [1.165, 1.54) is 19.6 Å². The molecule has 0 bridgehead atoms. The Morgan fingerprint density at radius 2 is 1.95 bits per heavy atom. The first-order valence-corrected chi connectivity index (χ1v) is 7.57. The minimum Gasteiger partial charge on any atom is -0.493 e. The van der Waals surface area contributed by atoms with Crippen LogP contribution in [0.1, 0.15) is 37.7 Å². The molecule has 1 aromatic carbocycles. The van der Waals surface area contributed by atoms with E-state index in [0.29, 0.717) is 13.1 Å². The van der Waals surface area contributed by atoms with Crippen LogP contribution in [0.5, 0.6) is 11.5 Å². The van der Waals surface area contributed by atoms with Gasteiger partial charge in [-0.2, -0.15) is 8.78 Å². The fraction of sp³-hybridized carbons (Fsp3) is 0.625. The van der Waals surface area contributed by atoms with Crippen LogP contribution < -0.4 is 14.8 Å². The molecule has 22 heavy (non-hydrogen) atoms. The molecule has 0 radical (unpaired) electrons. The highest BCUT2D eigenvalue weighted by atomic mass is 19.3. The molecule has 0 aliphatic heterocycles. The Kier molecular flexibility index (Phi) is 5.97. The fourth-order valence-electron chi connectivity index (χ4n) is 2.84. The average molecular weight is 315 g/mol. The highest BCUT2D eigenvalue weighted by Gasteiger charge is 2.28. The number of ether oxygens (including phenoxy) is 2. The molecule has 0 amide bonds. The lowest BCUT2D eigenvalue weighted by atomic mass is 9.85. The normalized spacial score (nSPS) is 17.5. The van der Waals surface area contributed by atoms with Crippen LogP contribution in [-0.4, -0.2) is 31.0 Å². The van der Waals surface area contributed by atoms with E-state index in [-0.39, 0.29) is 11.5 Å². The maximum atomic E-state index is 12.3. The highest BCUT2D eigenvalue weighted by Crippen LogP contribution is 2.30. The lowest BCUT2D eigenvalue weighted by Crippen LogP contribution is -2.41. The minimum absolute atomic E-state index is 0.0205. The Labute approximate surface area is 129 Å². The zero-order chi connectivity index (χ0) is 16.0. The summed E-state index contributed by atoms with van der Waals surface area (Å²) in [5, 5.41) is 13.6. The number of aliphatic hydroxyl groups is 1. The first-order chi connectivity index (χ1) is 10.5. The molecule has 1 fully saturated rings. The zero-order valence-electron chi connectivity index (χ0n) is 12.8. The molecule has 0 unspecified atom stereocenters. The Hall–Kier alpha value is -1.40. The molecule has 1 aliphatic rings. The number of nitrogens with one attached hydrogen (secondary N) is 1. The summed E-state index contributed by atoms with van der Waals surface area (Å²) in [7, 11) is 1.41. The molecule has 1 aliphatic carbocycles. The number of alkyl halides is 2. The molecule has 1 saturated carbocycles. The molecule has 2 N–H and O–H groups in total. The highest BCUT2D eigenvalue weighted by molar-refractivity contribution is 5.42. The standard InChI is InChI=1S/C16H23F2NO3/c1-21-14-9-12(5-6-13(14)22-15(17)18)10-19-11-16(20)7-3-2-4-8-16/h5-6,9,15,19-20H,2-4,7-8,10-11H2,1H3. The molecule has 0 aromatic heterocycles. The predicted octanol–water partition coefficient (Wildman–Crippen LogP) is 3.08. The van der Waals surface area contributed by atoms with Crippen LogP contribution in [0.25, 0.3) is 0 Å². The van der Waals surface area contributed by atoms with E-state index in [1.54, 1.807) is 12.1 Å². The minimum atomic E-state index is -2.88. The molecular weight excluding hydrogens is 292 g/mol. The quantitative estimate of drug-likeness (QED) is 0.812. The summed E-state index contributed by atoms with van der Waals surface area (Å²) in [5.41, 5.74) is 0.263. The maximum absolute atomic E-state index is 12.3. The van der Waals surface area contributed by atoms with Crippen LogP contribution in [-0.2, 0) is 6.54 Å². The van der Waals surface area contributed by atoms with Crippen LogP contribution in [0.2, 0.25) is 0 Å². The topological polar surface area (TPSA) is 50.7 Å². The van der Waals surface area contributed by atoms with Crippen molar-refractivity contribution in [2.45, 2.75) is 50.9 Å². The van der Waals surface area contributed by atoms with E-state index in [4.69, 9.17) is 4.74 Å². The molecular formula is C16H23F2NO3. The van der Waals surface area contributed by atoms with E-state index < -0.39 is 12.2 Å². The Bertz CT molecular complexity index is 476. The van der Waals surface area contributed by atoms with E-state index in [1.807, 2.05) is 0 Å². The summed E-state index contributed by atoms with van der Waals surface area (Å²) >= 11 is 0. The third-order valence-corrected chi connectivity index (χ3v) is 4.01. The second-order valence-electron chi connectivity index (χ2n) is 5.75. The van der Waals surface area contributed by atoms with Crippen molar-refractivity contribution in [3.63, 3.8) is 0 Å². The van der Waals surface area contributed by atoms with Crippen LogP contribution >= 0.6 is 0 Å². The SMILES string of the molecule is COc1cc(CNCC2(O)CCCCC2)ccc1OC(F)F. The van der Waals surface area contributed by atoms with Gasteiger partial charge in [-0.15, -0.1) is 0 Å². The van der Waals surface area contributed by atoms with Crippen molar-refractivity contribution in [2.24, 2.45) is 0 Å². The van der Waals surface area contributed by atoms with Crippen molar-refractivity contribution < 1.29 is 23.4 Å². The first kappa shape index (κ1) is 17.0. The molecule has 124 valence electrons. The van der Waals surface area contributed by atoms with Crippen molar-refractivity contribution in [3.8, 4) is 11.5 Å². The molecule has 0 atom stereocenters. The van der Waals surface area contributed by atoms with Gasteiger partial charge in [-0.3, -0.25) is 0 Å². The third kappa shape index (κ3) is 4.81. The van der Waals surface area contributed by atoms with Crippen molar-refractivity contribution in [1.82, 2.24) is 5.32 Å². The number of benzene rings is 1. The second kappa shape index (κ2) is 7.74. The van der Waals surface area contributed by atoms with Crippen molar-refractivity contribution in [1.29, 1.82) is 0 Å². The third-order valence-electron chi connectivity index (χ3n) is 4.01. The summed E-state index contributed by atoms with van der Waals surface area (Å²) in [6.07, 6.45) is 4.96. The van der Waals surface area contributed by atoms with Gasteiger partial charge in [0.25, 0.3) is 0 Å². The summed E-state index contributed by atoms with van der Waals surface area (Å²) in [4.78, 5) is 0. The summed E-state index contributed by atoms with van der Waals surface area (Å²) in [6, 6.07) is 4.84. The van der Waals surface area contributed by atoms with E-state index in [0.717, 1.165) is 31.2 Å². The van der Waals surface area contributed by atoms with Gasteiger partial charge in [0, 0.05) is 13.1 Å². The number of rotatable bonds is 7. The number of hydrogen-bond donors (Lipinski definition) is 2. The Morgan fingerprint density at radius 3 is 2.59 bits per heavy atom. The summed E-state index contributed by atoms with van der Waals surface area (Å²) in [5.74, 6) is 0.295. The number of methoxy groups -OCH3 is 1. The van der Waals surface area contributed by atoms with Gasteiger partial charge in [-0.25, -0.2) is 0 Å². The Balaban J connectivity index is 1.89. The molecule has 0 heterocycles. The van der Waals surface area contributed by atoms with E-state index in [9.17, 15) is 13.9 Å². The maximum Gasteiger partial charge on any atom is 0.387 e. The van der Waals surface area contributed by atoms with Gasteiger partial charge in [-0.05, 0) is 30.5 Å². The lowest BCUT2D eigenvalue weighted by Gasteiger charge is -2.32. The van der Waals surface area contributed by atoms with Crippen LogP contribution in [0, 0.1) is 0 Å². The van der Waals surface area contributed by atoms with Gasteiger partial charge >= 0.3 is 6.61 Å². The molecule has 2 rings (SSSR count). The predicted molar refractivity (Wildman–Crippen MR) is 79.4 cm³/mol. The van der Waals surface area contributed by atoms with Gasteiger partial charge in [0.2, 0.25) is 0 Å². The molecule has 4 nitrogen and oxygen atoms in total. The molecule has 0 spiro atoms. The van der Waals surface area contributed by atoms with Crippen LogP contribution in [0.4, 0.5) is 8.78 Å². The Morgan fingerprint density at radius 1 is 1.23 bits per heavy atom. The summed E-state index contributed by atoms with van der Waals surface area (Å²) < 4.78 is 34.0. The smallest absolute Gasteiger partial charge is 0.387 e. The fourth-order valence-corrected chi connectivity index (χ4v) is 2.84.